The summed E-state index contributed by atoms with van der Waals surface area (Å²) >= 11 is 1.57. The van der Waals surface area contributed by atoms with Gasteiger partial charge in [0.15, 0.2) is 5.13 Å². The van der Waals surface area contributed by atoms with Gasteiger partial charge < -0.3 is 10.2 Å². The second-order valence-corrected chi connectivity index (χ2v) is 9.81. The third-order valence-electron chi connectivity index (χ3n) is 6.49. The fraction of sp³-hybridized carbons (Fsp3) is 0.652. The Balaban J connectivity index is 1.48. The number of rotatable bonds is 6. The molecule has 1 saturated heterocycles. The van der Waals surface area contributed by atoms with Crippen LogP contribution in [0.2, 0.25) is 0 Å². The number of piperidine rings is 1. The number of anilines is 2. The Kier molecular flexibility index (Phi) is 7.17. The van der Waals surface area contributed by atoms with Crippen LogP contribution in [0.25, 0.3) is 0 Å². The number of hydrogen-bond donors (Lipinski definition) is 1. The van der Waals surface area contributed by atoms with E-state index in [2.05, 4.69) is 15.2 Å². The van der Waals surface area contributed by atoms with E-state index in [1.807, 2.05) is 37.2 Å². The Morgan fingerprint density at radius 1 is 1.10 bits per heavy atom. The average Bonchev–Trinajstić information content (AvgIpc) is 3.18. The summed E-state index contributed by atoms with van der Waals surface area (Å²) in [6, 6.07) is 2.43. The monoisotopic (exact) mass is 442 g/mol. The summed E-state index contributed by atoms with van der Waals surface area (Å²) in [6.07, 6.45) is 9.29. The molecule has 1 unspecified atom stereocenters. The SMILES string of the molecule is Cc1cc(Nc2nc(C)cs2)nc(C2CCCCN2CC(=O)N(C)C2CCCCC2)n1. The quantitative estimate of drug-likeness (QED) is 0.704. The van der Waals surface area contributed by atoms with Gasteiger partial charge in [0.1, 0.15) is 11.6 Å². The second kappa shape index (κ2) is 10.0. The first-order valence-corrected chi connectivity index (χ1v) is 12.4. The lowest BCUT2D eigenvalue weighted by molar-refractivity contribution is -0.134. The fourth-order valence-electron chi connectivity index (χ4n) is 4.76. The van der Waals surface area contributed by atoms with Crippen LogP contribution >= 0.6 is 11.3 Å². The standard InChI is InChI=1S/C23H34N6OS/c1-16-13-20(27-23-25-17(2)15-31-23)26-22(24-16)19-11-7-8-12-29(19)14-21(30)28(3)18-9-5-4-6-10-18/h13,15,18-19H,4-12,14H2,1-3H3,(H,24,25,26,27). The fourth-order valence-corrected chi connectivity index (χ4v) is 5.45. The Bertz CT molecular complexity index is 894. The molecule has 0 radical (unpaired) electrons. The zero-order valence-corrected chi connectivity index (χ0v) is 19.7. The van der Waals surface area contributed by atoms with Gasteiger partial charge in [-0.1, -0.05) is 25.7 Å². The van der Waals surface area contributed by atoms with Gasteiger partial charge in [-0.3, -0.25) is 9.69 Å². The number of likely N-dealkylation sites (tertiary alicyclic amines) is 1. The lowest BCUT2D eigenvalue weighted by Crippen LogP contribution is -2.46. The molecule has 1 aliphatic heterocycles. The Morgan fingerprint density at radius 3 is 2.61 bits per heavy atom. The summed E-state index contributed by atoms with van der Waals surface area (Å²) in [5, 5.41) is 6.19. The minimum Gasteiger partial charge on any atom is -0.342 e. The molecule has 31 heavy (non-hydrogen) atoms. The number of nitrogens with zero attached hydrogens (tertiary/aromatic N) is 5. The molecule has 2 fully saturated rings. The molecule has 1 saturated carbocycles. The van der Waals surface area contributed by atoms with Crippen molar-refractivity contribution in [1.82, 2.24) is 24.8 Å². The smallest absolute Gasteiger partial charge is 0.236 e. The van der Waals surface area contributed by atoms with Gasteiger partial charge in [0.2, 0.25) is 5.91 Å². The molecule has 2 aromatic rings. The summed E-state index contributed by atoms with van der Waals surface area (Å²) in [5.41, 5.74) is 1.93. The average molecular weight is 443 g/mol. The van der Waals surface area contributed by atoms with Crippen molar-refractivity contribution in [3.63, 3.8) is 0 Å². The molecule has 1 atom stereocenters. The van der Waals surface area contributed by atoms with Crippen molar-refractivity contribution in [3.8, 4) is 0 Å². The lowest BCUT2D eigenvalue weighted by Gasteiger charge is -2.37. The first kappa shape index (κ1) is 22.1. The highest BCUT2D eigenvalue weighted by Crippen LogP contribution is 2.31. The highest BCUT2D eigenvalue weighted by atomic mass is 32.1. The topological polar surface area (TPSA) is 74.2 Å². The van der Waals surface area contributed by atoms with E-state index in [1.54, 1.807) is 11.3 Å². The number of hydrogen-bond acceptors (Lipinski definition) is 7. The predicted molar refractivity (Wildman–Crippen MR) is 125 cm³/mol. The van der Waals surface area contributed by atoms with E-state index >= 15 is 0 Å². The molecule has 3 heterocycles. The van der Waals surface area contributed by atoms with Crippen LogP contribution in [0.4, 0.5) is 10.9 Å². The largest absolute Gasteiger partial charge is 0.342 e. The number of nitrogens with one attached hydrogen (secondary N) is 1. The zero-order chi connectivity index (χ0) is 21.8. The molecule has 168 valence electrons. The van der Waals surface area contributed by atoms with Crippen molar-refractivity contribution in [3.05, 3.63) is 28.7 Å². The number of aryl methyl sites for hydroxylation is 2. The van der Waals surface area contributed by atoms with Crippen molar-refractivity contribution in [2.24, 2.45) is 0 Å². The normalized spacial score (nSPS) is 20.5. The summed E-state index contributed by atoms with van der Waals surface area (Å²) in [5.74, 6) is 1.81. The third kappa shape index (κ3) is 5.60. The summed E-state index contributed by atoms with van der Waals surface area (Å²) < 4.78 is 0. The van der Waals surface area contributed by atoms with E-state index in [9.17, 15) is 4.79 Å². The van der Waals surface area contributed by atoms with Crippen molar-refractivity contribution in [1.29, 1.82) is 0 Å². The number of likely N-dealkylation sites (N-methyl/N-ethyl adjacent to an activating group) is 1. The van der Waals surface area contributed by atoms with Crippen LogP contribution in [0.1, 0.15) is 74.6 Å². The van der Waals surface area contributed by atoms with Gasteiger partial charge in [-0.2, -0.15) is 0 Å². The molecule has 2 aromatic heterocycles. The van der Waals surface area contributed by atoms with E-state index in [0.29, 0.717) is 12.6 Å². The van der Waals surface area contributed by atoms with E-state index in [1.165, 1.54) is 19.3 Å². The minimum atomic E-state index is 0.0796. The first-order chi connectivity index (χ1) is 15.0. The number of carbonyl (C=O) groups excluding carboxylic acids is 1. The van der Waals surface area contributed by atoms with Crippen LogP contribution in [-0.2, 0) is 4.79 Å². The molecule has 7 nitrogen and oxygen atoms in total. The van der Waals surface area contributed by atoms with Crippen molar-refractivity contribution in [2.45, 2.75) is 77.3 Å². The van der Waals surface area contributed by atoms with Gasteiger partial charge in [-0.05, 0) is 46.1 Å². The van der Waals surface area contributed by atoms with Crippen molar-refractivity contribution in [2.75, 3.05) is 25.5 Å². The van der Waals surface area contributed by atoms with Crippen LogP contribution in [0, 0.1) is 13.8 Å². The summed E-state index contributed by atoms with van der Waals surface area (Å²) in [6.45, 7) is 5.35. The van der Waals surface area contributed by atoms with Gasteiger partial charge in [-0.25, -0.2) is 15.0 Å². The molecule has 8 heteroatoms. The first-order valence-electron chi connectivity index (χ1n) is 11.5. The highest BCUT2D eigenvalue weighted by Gasteiger charge is 2.30. The molecule has 0 aromatic carbocycles. The summed E-state index contributed by atoms with van der Waals surface area (Å²) in [7, 11) is 1.98. The highest BCUT2D eigenvalue weighted by molar-refractivity contribution is 7.13. The molecule has 0 spiro atoms. The number of thiazole rings is 1. The predicted octanol–water partition coefficient (Wildman–Crippen LogP) is 4.61. The molecule has 0 bridgehead atoms. The zero-order valence-electron chi connectivity index (χ0n) is 18.9. The van der Waals surface area contributed by atoms with Gasteiger partial charge in [-0.15, -0.1) is 11.3 Å². The van der Waals surface area contributed by atoms with Gasteiger partial charge in [0.05, 0.1) is 18.3 Å². The molecular weight excluding hydrogens is 408 g/mol. The molecule has 1 amide bonds. The third-order valence-corrected chi connectivity index (χ3v) is 7.37. The van der Waals surface area contributed by atoms with Crippen LogP contribution < -0.4 is 5.32 Å². The van der Waals surface area contributed by atoms with E-state index < -0.39 is 0 Å². The Morgan fingerprint density at radius 2 is 1.87 bits per heavy atom. The van der Waals surface area contributed by atoms with Crippen molar-refractivity contribution >= 4 is 28.2 Å². The van der Waals surface area contributed by atoms with Crippen LogP contribution in [0.15, 0.2) is 11.4 Å². The van der Waals surface area contributed by atoms with E-state index in [-0.39, 0.29) is 11.9 Å². The van der Waals surface area contributed by atoms with Crippen LogP contribution in [0.3, 0.4) is 0 Å². The van der Waals surface area contributed by atoms with Crippen LogP contribution in [-0.4, -0.2) is 56.8 Å². The lowest BCUT2D eigenvalue weighted by atomic mass is 9.94. The minimum absolute atomic E-state index is 0.0796. The maximum absolute atomic E-state index is 13.1. The van der Waals surface area contributed by atoms with Gasteiger partial charge >= 0.3 is 0 Å². The Hall–Kier alpha value is -2.06. The number of carbonyl (C=O) groups is 1. The molecule has 4 rings (SSSR count). The van der Waals surface area contributed by atoms with Gasteiger partial charge in [0.25, 0.3) is 0 Å². The molecule has 1 aliphatic carbocycles. The molecule has 1 N–H and O–H groups in total. The molecule has 2 aliphatic rings. The van der Waals surface area contributed by atoms with Crippen LogP contribution in [0.5, 0.6) is 0 Å². The molecular formula is C23H34N6OS. The van der Waals surface area contributed by atoms with Crippen molar-refractivity contribution < 1.29 is 4.79 Å². The van der Waals surface area contributed by atoms with E-state index in [4.69, 9.17) is 9.97 Å². The maximum Gasteiger partial charge on any atom is 0.236 e. The van der Waals surface area contributed by atoms with E-state index in [0.717, 1.165) is 66.8 Å². The second-order valence-electron chi connectivity index (χ2n) is 8.95. The number of aromatic nitrogens is 3. The van der Waals surface area contributed by atoms with Gasteiger partial charge in [0, 0.05) is 30.2 Å². The number of amides is 1. The maximum atomic E-state index is 13.1. The summed E-state index contributed by atoms with van der Waals surface area (Å²) in [4.78, 5) is 31.5. The Labute approximate surface area is 189 Å².